The van der Waals surface area contributed by atoms with Crippen LogP contribution in [0.1, 0.15) is 25.0 Å². The average molecular weight is 404 g/mol. The average Bonchev–Trinajstić information content (AvgIpc) is 2.89. The van der Waals surface area contributed by atoms with Gasteiger partial charge in [0.05, 0.1) is 6.54 Å². The number of amides is 5. The van der Waals surface area contributed by atoms with Gasteiger partial charge in [-0.15, -0.1) is 0 Å². The summed E-state index contributed by atoms with van der Waals surface area (Å²) in [7, 11) is 0. The Kier molecular flexibility index (Phi) is 6.92. The van der Waals surface area contributed by atoms with Crippen LogP contribution in [0.15, 0.2) is 24.3 Å². The second-order valence-electron chi connectivity index (χ2n) is 6.70. The van der Waals surface area contributed by atoms with Crippen LogP contribution in [0.25, 0.3) is 0 Å². The van der Waals surface area contributed by atoms with Crippen molar-refractivity contribution in [3.8, 4) is 0 Å². The normalized spacial score (nSPS) is 18.2. The molecule has 0 saturated carbocycles. The molecule has 1 aromatic rings. The Morgan fingerprint density at radius 1 is 1.10 bits per heavy atom. The molecule has 0 unspecified atom stereocenters. The second kappa shape index (κ2) is 9.18. The van der Waals surface area contributed by atoms with Gasteiger partial charge in [0, 0.05) is 6.54 Å². The summed E-state index contributed by atoms with van der Waals surface area (Å²) >= 11 is 0. The van der Waals surface area contributed by atoms with Crippen molar-refractivity contribution < 1.29 is 28.7 Å². The van der Waals surface area contributed by atoms with E-state index in [1.165, 1.54) is 0 Å². The Balaban J connectivity index is 1.89. The summed E-state index contributed by atoms with van der Waals surface area (Å²) in [6.07, 6.45) is 0. The van der Waals surface area contributed by atoms with Crippen molar-refractivity contribution >= 4 is 29.7 Å². The number of hydrogen-bond donors (Lipinski definition) is 3. The van der Waals surface area contributed by atoms with Gasteiger partial charge in [-0.1, -0.05) is 29.8 Å². The molecule has 0 aromatic heterocycles. The molecule has 1 heterocycles. The van der Waals surface area contributed by atoms with Crippen LogP contribution in [0.2, 0.25) is 0 Å². The number of nitrogens with zero attached hydrogens (tertiary/aromatic N) is 1. The second-order valence-corrected chi connectivity index (χ2v) is 6.70. The molecule has 0 spiro atoms. The monoisotopic (exact) mass is 404 g/mol. The van der Waals surface area contributed by atoms with Gasteiger partial charge in [0.15, 0.2) is 6.61 Å². The lowest BCUT2D eigenvalue weighted by molar-refractivity contribution is -0.151. The molecule has 1 fully saturated rings. The molecular weight excluding hydrogens is 380 g/mol. The SMILES string of the molecule is CCNC(=O)CNC(=O)COC(=O)CN1C(=O)N[C@](C)(c2ccc(C)cc2)C1=O. The number of ether oxygens (including phenoxy) is 1. The van der Waals surface area contributed by atoms with Gasteiger partial charge >= 0.3 is 12.0 Å². The van der Waals surface area contributed by atoms with Crippen molar-refractivity contribution in [3.05, 3.63) is 35.4 Å². The molecule has 10 heteroatoms. The van der Waals surface area contributed by atoms with E-state index in [1.807, 2.05) is 19.1 Å². The van der Waals surface area contributed by atoms with Gasteiger partial charge in [0.1, 0.15) is 12.1 Å². The topological polar surface area (TPSA) is 134 Å². The van der Waals surface area contributed by atoms with E-state index in [0.717, 1.165) is 10.5 Å². The van der Waals surface area contributed by atoms with E-state index in [-0.39, 0.29) is 12.5 Å². The highest BCUT2D eigenvalue weighted by Crippen LogP contribution is 2.28. The zero-order chi connectivity index (χ0) is 21.6. The first kappa shape index (κ1) is 21.9. The number of benzene rings is 1. The number of carbonyl (C=O) groups excluding carboxylic acids is 5. The maximum Gasteiger partial charge on any atom is 0.326 e. The van der Waals surface area contributed by atoms with Crippen LogP contribution in [0.4, 0.5) is 4.79 Å². The Hall–Kier alpha value is -3.43. The molecule has 1 saturated heterocycles. The van der Waals surface area contributed by atoms with Crippen molar-refractivity contribution in [2.24, 2.45) is 0 Å². The third-order valence-corrected chi connectivity index (χ3v) is 4.38. The number of likely N-dealkylation sites (N-methyl/N-ethyl adjacent to an activating group) is 1. The van der Waals surface area contributed by atoms with Gasteiger partial charge in [-0.05, 0) is 26.3 Å². The fraction of sp³-hybridized carbons (Fsp3) is 0.421. The lowest BCUT2D eigenvalue weighted by Crippen LogP contribution is -2.42. The van der Waals surface area contributed by atoms with Crippen LogP contribution in [-0.2, 0) is 29.5 Å². The van der Waals surface area contributed by atoms with Crippen LogP contribution in [-0.4, -0.2) is 60.9 Å². The first-order chi connectivity index (χ1) is 13.7. The van der Waals surface area contributed by atoms with Gasteiger partial charge in [-0.25, -0.2) is 4.79 Å². The Morgan fingerprint density at radius 2 is 1.76 bits per heavy atom. The third-order valence-electron chi connectivity index (χ3n) is 4.38. The highest BCUT2D eigenvalue weighted by atomic mass is 16.5. The largest absolute Gasteiger partial charge is 0.454 e. The molecule has 2 rings (SSSR count). The van der Waals surface area contributed by atoms with E-state index < -0.39 is 42.5 Å². The van der Waals surface area contributed by atoms with Crippen molar-refractivity contribution in [1.29, 1.82) is 0 Å². The Morgan fingerprint density at radius 3 is 2.38 bits per heavy atom. The lowest BCUT2D eigenvalue weighted by Gasteiger charge is -2.22. The molecule has 0 aliphatic carbocycles. The highest BCUT2D eigenvalue weighted by molar-refractivity contribution is 6.08. The number of nitrogens with one attached hydrogen (secondary N) is 3. The van der Waals surface area contributed by atoms with E-state index in [0.29, 0.717) is 12.1 Å². The van der Waals surface area contributed by atoms with E-state index in [2.05, 4.69) is 16.0 Å². The number of aryl methyl sites for hydroxylation is 1. The smallest absolute Gasteiger partial charge is 0.326 e. The van der Waals surface area contributed by atoms with Gasteiger partial charge < -0.3 is 20.7 Å². The van der Waals surface area contributed by atoms with Crippen LogP contribution >= 0.6 is 0 Å². The molecule has 1 aromatic carbocycles. The van der Waals surface area contributed by atoms with Crippen molar-refractivity contribution in [1.82, 2.24) is 20.9 Å². The Bertz CT molecular complexity index is 822. The van der Waals surface area contributed by atoms with E-state index >= 15 is 0 Å². The summed E-state index contributed by atoms with van der Waals surface area (Å²) in [4.78, 5) is 60.6. The summed E-state index contributed by atoms with van der Waals surface area (Å²) < 4.78 is 4.79. The van der Waals surface area contributed by atoms with Crippen molar-refractivity contribution in [3.63, 3.8) is 0 Å². The fourth-order valence-corrected chi connectivity index (χ4v) is 2.73. The van der Waals surface area contributed by atoms with E-state index in [1.54, 1.807) is 26.0 Å². The van der Waals surface area contributed by atoms with E-state index in [4.69, 9.17) is 4.74 Å². The molecule has 0 bridgehead atoms. The number of carbonyl (C=O) groups is 5. The first-order valence-corrected chi connectivity index (χ1v) is 9.07. The van der Waals surface area contributed by atoms with Crippen LogP contribution in [0, 0.1) is 6.92 Å². The maximum absolute atomic E-state index is 12.7. The molecular formula is C19H24N4O6. The Labute approximate surface area is 168 Å². The molecule has 1 aliphatic rings. The minimum absolute atomic E-state index is 0.244. The number of hydrogen-bond acceptors (Lipinski definition) is 6. The molecule has 156 valence electrons. The van der Waals surface area contributed by atoms with Crippen molar-refractivity contribution in [2.45, 2.75) is 26.3 Å². The van der Waals surface area contributed by atoms with Crippen molar-refractivity contribution in [2.75, 3.05) is 26.2 Å². The summed E-state index contributed by atoms with van der Waals surface area (Å²) in [6.45, 7) is 4.12. The van der Waals surface area contributed by atoms with Crippen LogP contribution in [0.5, 0.6) is 0 Å². The quantitative estimate of drug-likeness (QED) is 0.397. The number of imide groups is 1. The van der Waals surface area contributed by atoms with Gasteiger partial charge in [-0.3, -0.25) is 24.1 Å². The summed E-state index contributed by atoms with van der Waals surface area (Å²) in [5, 5.41) is 7.37. The molecule has 0 radical (unpaired) electrons. The van der Waals surface area contributed by atoms with Gasteiger partial charge in [0.2, 0.25) is 5.91 Å². The molecule has 5 amide bonds. The fourth-order valence-electron chi connectivity index (χ4n) is 2.73. The molecule has 3 N–H and O–H groups in total. The molecule has 10 nitrogen and oxygen atoms in total. The standard InChI is InChI=1S/C19H24N4O6/c1-4-20-14(24)9-21-15(25)11-29-16(26)10-23-17(27)19(3,22-18(23)28)13-7-5-12(2)6-8-13/h5-8H,4,9-11H2,1-3H3,(H,20,24)(H,21,25)(H,22,28)/t19-/m1/s1. The van der Waals surface area contributed by atoms with Gasteiger partial charge in [-0.2, -0.15) is 0 Å². The molecule has 29 heavy (non-hydrogen) atoms. The zero-order valence-corrected chi connectivity index (χ0v) is 16.5. The highest BCUT2D eigenvalue weighted by Gasteiger charge is 2.49. The predicted molar refractivity (Wildman–Crippen MR) is 101 cm³/mol. The number of esters is 1. The minimum Gasteiger partial charge on any atom is -0.454 e. The predicted octanol–water partition coefficient (Wildman–Crippen LogP) is -0.442. The lowest BCUT2D eigenvalue weighted by atomic mass is 9.91. The molecule has 1 atom stereocenters. The maximum atomic E-state index is 12.7. The summed E-state index contributed by atoms with van der Waals surface area (Å²) in [6, 6.07) is 6.37. The van der Waals surface area contributed by atoms with Gasteiger partial charge in [0.25, 0.3) is 11.8 Å². The number of rotatable bonds is 8. The zero-order valence-electron chi connectivity index (χ0n) is 16.5. The first-order valence-electron chi connectivity index (χ1n) is 9.07. The van der Waals surface area contributed by atoms with E-state index in [9.17, 15) is 24.0 Å². The van der Waals surface area contributed by atoms with Crippen LogP contribution in [0.3, 0.4) is 0 Å². The number of urea groups is 1. The minimum atomic E-state index is -1.30. The molecule has 1 aliphatic heterocycles. The summed E-state index contributed by atoms with van der Waals surface area (Å²) in [5.74, 6) is -2.56. The van der Waals surface area contributed by atoms with Crippen LogP contribution < -0.4 is 16.0 Å². The summed E-state index contributed by atoms with van der Waals surface area (Å²) in [5.41, 5.74) is 0.289. The third kappa shape index (κ3) is 5.31.